The van der Waals surface area contributed by atoms with Crippen LogP contribution in [0.5, 0.6) is 0 Å². The fourth-order valence-electron chi connectivity index (χ4n) is 3.21. The lowest BCUT2D eigenvalue weighted by Crippen LogP contribution is -2.55. The molecule has 3 rings (SSSR count). The highest BCUT2D eigenvalue weighted by molar-refractivity contribution is 7.17. The summed E-state index contributed by atoms with van der Waals surface area (Å²) in [5.74, 6) is -0.598. The van der Waals surface area contributed by atoms with Gasteiger partial charge in [-0.3, -0.25) is 9.59 Å². The number of hydrogen-bond donors (Lipinski definition) is 3. The van der Waals surface area contributed by atoms with Crippen molar-refractivity contribution in [3.05, 3.63) is 27.2 Å². The highest BCUT2D eigenvalue weighted by Gasteiger charge is 2.33. The Morgan fingerprint density at radius 2 is 2.21 bits per heavy atom. The van der Waals surface area contributed by atoms with Gasteiger partial charge in [0.15, 0.2) is 16.1 Å². The van der Waals surface area contributed by atoms with Crippen LogP contribution in [0, 0.1) is 6.92 Å². The van der Waals surface area contributed by atoms with Gasteiger partial charge in [-0.25, -0.2) is 9.97 Å². The Morgan fingerprint density at radius 3 is 2.79 bits per heavy atom. The molecule has 4 N–H and O–H groups in total. The summed E-state index contributed by atoms with van der Waals surface area (Å²) in [5.41, 5.74) is 6.74. The van der Waals surface area contributed by atoms with Gasteiger partial charge < -0.3 is 25.7 Å². The summed E-state index contributed by atoms with van der Waals surface area (Å²) in [6, 6.07) is -0.181. The minimum Gasteiger partial charge on any atom is -0.377 e. The molecule has 0 aromatic carbocycles. The molecule has 1 aliphatic rings. The molecule has 2 unspecified atom stereocenters. The molecule has 1 fully saturated rings. The largest absolute Gasteiger partial charge is 0.377 e. The van der Waals surface area contributed by atoms with Gasteiger partial charge in [-0.05, 0) is 19.8 Å². The van der Waals surface area contributed by atoms with E-state index in [0.717, 1.165) is 10.8 Å². The molecule has 2 amide bonds. The topological polar surface area (TPSA) is 126 Å². The van der Waals surface area contributed by atoms with Gasteiger partial charge in [-0.1, -0.05) is 29.9 Å². The third-order valence-electron chi connectivity index (χ3n) is 4.75. The number of carbonyl (C=O) groups is 2. The second kappa shape index (κ2) is 8.46. The molecular weight excluding hydrogens is 404 g/mol. The van der Waals surface area contributed by atoms with Crippen LogP contribution in [0.25, 0.3) is 0 Å². The number of ether oxygens (including phenoxy) is 1. The predicted molar refractivity (Wildman–Crippen MR) is 107 cm³/mol. The normalized spacial score (nSPS) is 19.6. The van der Waals surface area contributed by atoms with Crippen LogP contribution in [0.15, 0.2) is 0 Å². The van der Waals surface area contributed by atoms with Crippen molar-refractivity contribution in [1.29, 1.82) is 0 Å². The van der Waals surface area contributed by atoms with Crippen molar-refractivity contribution in [3.8, 4) is 0 Å². The number of H-pyrrole nitrogens is 1. The maximum atomic E-state index is 12.5. The summed E-state index contributed by atoms with van der Waals surface area (Å²) in [5, 5.41) is 4.01. The number of primary amides is 1. The molecular formula is C17H23ClN6O3S. The number of methoxy groups -OCH3 is 1. The Balaban J connectivity index is 1.68. The van der Waals surface area contributed by atoms with Crippen molar-refractivity contribution in [1.82, 2.24) is 20.3 Å². The lowest BCUT2D eigenvalue weighted by molar-refractivity contribution is 0.0538. The van der Waals surface area contributed by atoms with Gasteiger partial charge in [0.1, 0.15) is 4.88 Å². The Kier molecular flexibility index (Phi) is 6.21. The number of aryl methyl sites for hydroxylation is 2. The minimum absolute atomic E-state index is 0.181. The average Bonchev–Trinajstić information content (AvgIpc) is 3.24. The average molecular weight is 427 g/mol. The van der Waals surface area contributed by atoms with E-state index >= 15 is 0 Å². The van der Waals surface area contributed by atoms with Crippen LogP contribution < -0.4 is 16.0 Å². The molecule has 0 spiro atoms. The van der Waals surface area contributed by atoms with E-state index in [-0.39, 0.29) is 23.9 Å². The van der Waals surface area contributed by atoms with Crippen molar-refractivity contribution in [2.24, 2.45) is 5.73 Å². The van der Waals surface area contributed by atoms with Gasteiger partial charge in [0.25, 0.3) is 11.8 Å². The summed E-state index contributed by atoms with van der Waals surface area (Å²) in [6.45, 7) is 4.89. The number of nitrogens with two attached hydrogens (primary N) is 1. The smallest absolute Gasteiger partial charge is 0.287 e. The summed E-state index contributed by atoms with van der Waals surface area (Å²) in [6.07, 6.45) is 1.08. The Labute approximate surface area is 171 Å². The number of hydrogen-bond acceptors (Lipinski definition) is 7. The number of halogens is 1. The molecule has 2 aromatic heterocycles. The molecule has 0 saturated carbocycles. The summed E-state index contributed by atoms with van der Waals surface area (Å²) in [4.78, 5) is 38.0. The van der Waals surface area contributed by atoms with E-state index in [1.807, 2.05) is 11.8 Å². The Morgan fingerprint density at radius 1 is 1.46 bits per heavy atom. The zero-order valence-corrected chi connectivity index (χ0v) is 17.5. The molecule has 11 heteroatoms. The maximum Gasteiger partial charge on any atom is 0.287 e. The lowest BCUT2D eigenvalue weighted by Gasteiger charge is -2.37. The first-order valence-electron chi connectivity index (χ1n) is 8.94. The first-order chi connectivity index (χ1) is 13.3. The van der Waals surface area contributed by atoms with Crippen LogP contribution in [0.2, 0.25) is 5.15 Å². The molecule has 1 saturated heterocycles. The second-order valence-corrected chi connectivity index (χ2v) is 7.91. The number of rotatable bonds is 6. The molecule has 2 aromatic rings. The van der Waals surface area contributed by atoms with Crippen LogP contribution in [0.4, 0.5) is 5.13 Å². The number of amides is 2. The quantitative estimate of drug-likeness (QED) is 0.642. The van der Waals surface area contributed by atoms with E-state index in [0.29, 0.717) is 41.7 Å². The van der Waals surface area contributed by atoms with Crippen molar-refractivity contribution < 1.29 is 14.3 Å². The molecule has 3 heterocycles. The van der Waals surface area contributed by atoms with E-state index in [4.69, 9.17) is 22.1 Å². The van der Waals surface area contributed by atoms with Crippen LogP contribution in [0.3, 0.4) is 0 Å². The van der Waals surface area contributed by atoms with Crippen LogP contribution in [-0.4, -0.2) is 59.1 Å². The third-order valence-corrected chi connectivity index (χ3v) is 6.30. The second-order valence-electron chi connectivity index (χ2n) is 6.57. The van der Waals surface area contributed by atoms with Gasteiger partial charge in [0.2, 0.25) is 0 Å². The predicted octanol–water partition coefficient (Wildman–Crippen LogP) is 1.51. The standard InChI is InChI=1S/C17H23ClN6O3S/c1-4-9-13(18)23-15(21-9)16(26)22-10-5-6-24(7-11(10)27-3)17-20-8(2)12(28-17)14(19)25/h10-11H,4-7H2,1-3H3,(H2,19,25)(H,21,23)(H,22,26). The van der Waals surface area contributed by atoms with E-state index in [1.54, 1.807) is 14.0 Å². The fraction of sp³-hybridized carbons (Fsp3) is 0.529. The number of thiazole rings is 1. The van der Waals surface area contributed by atoms with Crippen LogP contribution in [0.1, 0.15) is 45.0 Å². The maximum absolute atomic E-state index is 12.5. The number of piperidine rings is 1. The van der Waals surface area contributed by atoms with Gasteiger partial charge in [0, 0.05) is 20.2 Å². The number of imidazole rings is 1. The van der Waals surface area contributed by atoms with Gasteiger partial charge >= 0.3 is 0 Å². The summed E-state index contributed by atoms with van der Waals surface area (Å²) < 4.78 is 5.60. The van der Waals surface area contributed by atoms with Crippen molar-refractivity contribution >= 4 is 39.9 Å². The fourth-order valence-corrected chi connectivity index (χ4v) is 4.43. The number of anilines is 1. The Hall–Kier alpha value is -2.17. The summed E-state index contributed by atoms with van der Waals surface area (Å²) >= 11 is 7.29. The molecule has 0 bridgehead atoms. The lowest BCUT2D eigenvalue weighted by atomic mass is 10.0. The number of aromatic nitrogens is 3. The molecule has 2 atom stereocenters. The number of nitrogens with zero attached hydrogens (tertiary/aromatic N) is 3. The highest BCUT2D eigenvalue weighted by Crippen LogP contribution is 2.29. The zero-order valence-electron chi connectivity index (χ0n) is 15.9. The van der Waals surface area contributed by atoms with Crippen LogP contribution >= 0.6 is 22.9 Å². The molecule has 0 radical (unpaired) electrons. The van der Waals surface area contributed by atoms with E-state index in [9.17, 15) is 9.59 Å². The van der Waals surface area contributed by atoms with Gasteiger partial charge in [-0.2, -0.15) is 0 Å². The Bertz CT molecular complexity index is 882. The van der Waals surface area contributed by atoms with Crippen LogP contribution in [-0.2, 0) is 11.2 Å². The monoisotopic (exact) mass is 426 g/mol. The molecule has 9 nitrogen and oxygen atoms in total. The number of aromatic amines is 1. The molecule has 28 heavy (non-hydrogen) atoms. The van der Waals surface area contributed by atoms with Crippen molar-refractivity contribution in [2.45, 2.75) is 38.8 Å². The van der Waals surface area contributed by atoms with E-state index < -0.39 is 5.91 Å². The van der Waals surface area contributed by atoms with Crippen molar-refractivity contribution in [2.75, 3.05) is 25.1 Å². The number of nitrogens with one attached hydrogen (secondary N) is 2. The first kappa shape index (κ1) is 20.6. The third kappa shape index (κ3) is 4.13. The first-order valence-corrected chi connectivity index (χ1v) is 10.1. The molecule has 1 aliphatic heterocycles. The zero-order chi connectivity index (χ0) is 20.4. The van der Waals surface area contributed by atoms with E-state index in [2.05, 4.69) is 20.3 Å². The number of carbonyl (C=O) groups excluding carboxylic acids is 2. The minimum atomic E-state index is -0.477. The van der Waals surface area contributed by atoms with Gasteiger partial charge in [-0.15, -0.1) is 0 Å². The summed E-state index contributed by atoms with van der Waals surface area (Å²) in [7, 11) is 1.61. The molecule has 152 valence electrons. The highest BCUT2D eigenvalue weighted by atomic mass is 35.5. The SMILES string of the molecule is CCc1[nH]c(C(=O)NC2CCN(c3nc(C)c(C(N)=O)s3)CC2OC)nc1Cl. The van der Waals surface area contributed by atoms with E-state index in [1.165, 1.54) is 11.3 Å². The molecule has 0 aliphatic carbocycles. The van der Waals surface area contributed by atoms with Crippen molar-refractivity contribution in [3.63, 3.8) is 0 Å². The van der Waals surface area contributed by atoms with Gasteiger partial charge in [0.05, 0.1) is 23.5 Å².